The quantitative estimate of drug-likeness (QED) is 0.248. The van der Waals surface area contributed by atoms with Crippen molar-refractivity contribution < 1.29 is 50.1 Å². The lowest BCUT2D eigenvalue weighted by atomic mass is 9.54. The third kappa shape index (κ3) is 6.00. The smallest absolute Gasteiger partial charge is 0.255 e. The second kappa shape index (κ2) is 11.2. The van der Waals surface area contributed by atoms with Crippen molar-refractivity contribution in [2.45, 2.75) is 41.1 Å². The summed E-state index contributed by atoms with van der Waals surface area (Å²) in [6.45, 7) is -1.15. The highest BCUT2D eigenvalue weighted by Crippen LogP contribution is 2.55. The van der Waals surface area contributed by atoms with Crippen LogP contribution in [0.3, 0.4) is 0 Å². The SMILES string of the molecule is O=C(Nc1cc(F)c(F)c(F)c1)c1ccc(Cl)c(S(=O)(=O)C2CC3CC(C2)C3(O)CNS(=O)(=O)CC(O)CO)c1. The van der Waals surface area contributed by atoms with Gasteiger partial charge in [-0.1, -0.05) is 11.6 Å². The molecule has 3 aliphatic rings. The number of sulfonamides is 1. The Morgan fingerprint density at radius 3 is 2.23 bits per heavy atom. The van der Waals surface area contributed by atoms with Crippen LogP contribution in [0.4, 0.5) is 18.9 Å². The highest BCUT2D eigenvalue weighted by Gasteiger charge is 2.60. The van der Waals surface area contributed by atoms with E-state index in [4.69, 9.17) is 16.7 Å². The summed E-state index contributed by atoms with van der Waals surface area (Å²) in [5.41, 5.74) is -2.10. The molecule has 3 unspecified atom stereocenters. The number of rotatable bonds is 10. The molecule has 0 heterocycles. The molecule has 2 bridgehead atoms. The molecule has 1 amide bonds. The predicted molar refractivity (Wildman–Crippen MR) is 137 cm³/mol. The molecule has 10 nitrogen and oxygen atoms in total. The maximum Gasteiger partial charge on any atom is 0.255 e. The molecule has 5 rings (SSSR count). The molecule has 3 atom stereocenters. The third-order valence-corrected chi connectivity index (χ3v) is 11.5. The molecule has 40 heavy (non-hydrogen) atoms. The fourth-order valence-electron chi connectivity index (χ4n) is 5.26. The van der Waals surface area contributed by atoms with Crippen LogP contribution in [0, 0.1) is 29.3 Å². The molecular formula is C24H26ClF3N2O8S2. The molecular weight excluding hydrogens is 601 g/mol. The molecule has 0 radical (unpaired) electrons. The number of hydrogen-bond donors (Lipinski definition) is 5. The summed E-state index contributed by atoms with van der Waals surface area (Å²) in [5.74, 6) is -7.59. The van der Waals surface area contributed by atoms with E-state index in [-0.39, 0.29) is 28.3 Å². The maximum atomic E-state index is 13.5. The molecule has 5 N–H and O–H groups in total. The molecule has 16 heteroatoms. The average molecular weight is 627 g/mol. The normalized spacial score (nSPS) is 25.2. The Bertz CT molecular complexity index is 1510. The predicted octanol–water partition coefficient (Wildman–Crippen LogP) is 1.59. The van der Waals surface area contributed by atoms with Gasteiger partial charge in [0, 0.05) is 29.9 Å². The van der Waals surface area contributed by atoms with Gasteiger partial charge in [0.25, 0.3) is 5.91 Å². The van der Waals surface area contributed by atoms with Gasteiger partial charge < -0.3 is 20.6 Å². The van der Waals surface area contributed by atoms with Crippen molar-refractivity contribution in [2.75, 3.05) is 24.2 Å². The Balaban J connectivity index is 1.48. The topological polar surface area (TPSA) is 170 Å². The summed E-state index contributed by atoms with van der Waals surface area (Å²) in [6, 6.07) is 4.51. The Morgan fingerprint density at radius 1 is 1.05 bits per heavy atom. The molecule has 0 spiro atoms. The highest BCUT2D eigenvalue weighted by molar-refractivity contribution is 7.92. The van der Waals surface area contributed by atoms with Gasteiger partial charge in [0.1, 0.15) is 0 Å². The summed E-state index contributed by atoms with van der Waals surface area (Å²) in [5, 5.41) is 30.3. The lowest BCUT2D eigenvalue weighted by molar-refractivity contribution is -0.170. The molecule has 0 saturated heterocycles. The van der Waals surface area contributed by atoms with Crippen LogP contribution < -0.4 is 10.0 Å². The number of anilines is 1. The van der Waals surface area contributed by atoms with Crippen molar-refractivity contribution in [3.05, 3.63) is 58.4 Å². The van der Waals surface area contributed by atoms with Crippen molar-refractivity contribution in [3.8, 4) is 0 Å². The first kappa shape index (κ1) is 30.7. The van der Waals surface area contributed by atoms with Crippen LogP contribution in [0.5, 0.6) is 0 Å². The number of fused-ring (bicyclic) bond motifs is 2. The van der Waals surface area contributed by atoms with Crippen LogP contribution >= 0.6 is 11.6 Å². The van der Waals surface area contributed by atoms with Crippen molar-refractivity contribution in [1.82, 2.24) is 4.72 Å². The fourth-order valence-corrected chi connectivity index (χ4v) is 8.84. The zero-order valence-electron chi connectivity index (χ0n) is 20.7. The van der Waals surface area contributed by atoms with Crippen molar-refractivity contribution >= 4 is 43.1 Å². The Hall–Kier alpha value is -2.27. The summed E-state index contributed by atoms with van der Waals surface area (Å²) in [7, 11) is -8.17. The van der Waals surface area contributed by atoms with Crippen LogP contribution in [0.15, 0.2) is 35.2 Å². The van der Waals surface area contributed by atoms with E-state index >= 15 is 0 Å². The molecule has 220 valence electrons. The van der Waals surface area contributed by atoms with E-state index in [0.717, 1.165) is 6.07 Å². The first-order chi connectivity index (χ1) is 18.6. The van der Waals surface area contributed by atoms with Gasteiger partial charge in [-0.25, -0.2) is 34.7 Å². The number of aliphatic hydroxyl groups is 3. The molecule has 0 aliphatic heterocycles. The van der Waals surface area contributed by atoms with Crippen LogP contribution in [0.25, 0.3) is 0 Å². The maximum absolute atomic E-state index is 13.5. The summed E-state index contributed by atoms with van der Waals surface area (Å²) >= 11 is 6.16. The zero-order valence-corrected chi connectivity index (χ0v) is 23.0. The largest absolute Gasteiger partial charge is 0.394 e. The molecule has 3 fully saturated rings. The summed E-state index contributed by atoms with van der Waals surface area (Å²) in [4.78, 5) is 12.3. The third-order valence-electron chi connectivity index (χ3n) is 7.46. The number of halogens is 4. The van der Waals surface area contributed by atoms with Crippen LogP contribution in [0.2, 0.25) is 5.02 Å². The second-order valence-electron chi connectivity index (χ2n) is 10.1. The van der Waals surface area contributed by atoms with Crippen LogP contribution in [0.1, 0.15) is 29.6 Å². The fraction of sp³-hybridized carbons (Fsp3) is 0.458. The summed E-state index contributed by atoms with van der Waals surface area (Å²) in [6.07, 6.45) is -1.07. The Morgan fingerprint density at radius 2 is 1.65 bits per heavy atom. The van der Waals surface area contributed by atoms with Crippen molar-refractivity contribution in [1.29, 1.82) is 0 Å². The van der Waals surface area contributed by atoms with E-state index in [1.54, 1.807) is 0 Å². The first-order valence-corrected chi connectivity index (χ1v) is 15.6. The number of nitrogens with one attached hydrogen (secondary N) is 2. The summed E-state index contributed by atoms with van der Waals surface area (Å²) < 4.78 is 93.7. The molecule has 3 saturated carbocycles. The number of hydrogen-bond acceptors (Lipinski definition) is 8. The van der Waals surface area contributed by atoms with E-state index in [1.165, 1.54) is 12.1 Å². The molecule has 2 aromatic carbocycles. The number of benzene rings is 2. The van der Waals surface area contributed by atoms with Crippen LogP contribution in [-0.4, -0.2) is 73.9 Å². The number of amides is 1. The van der Waals surface area contributed by atoms with E-state index in [9.17, 15) is 45.0 Å². The molecule has 2 aromatic rings. The second-order valence-corrected chi connectivity index (χ2v) is 14.5. The van der Waals surface area contributed by atoms with Gasteiger partial charge in [-0.2, -0.15) is 0 Å². The zero-order chi connectivity index (χ0) is 29.6. The Kier molecular flexibility index (Phi) is 8.58. The number of sulfone groups is 1. The van der Waals surface area contributed by atoms with E-state index in [1.807, 2.05) is 0 Å². The van der Waals surface area contributed by atoms with E-state index in [0.29, 0.717) is 18.6 Å². The van der Waals surface area contributed by atoms with Crippen molar-refractivity contribution in [2.24, 2.45) is 11.8 Å². The minimum Gasteiger partial charge on any atom is -0.394 e. The van der Waals surface area contributed by atoms with Gasteiger partial charge in [0.05, 0.1) is 39.2 Å². The van der Waals surface area contributed by atoms with Crippen molar-refractivity contribution in [3.63, 3.8) is 0 Å². The lowest BCUT2D eigenvalue weighted by Crippen LogP contribution is -2.66. The van der Waals surface area contributed by atoms with Crippen LogP contribution in [-0.2, 0) is 19.9 Å². The van der Waals surface area contributed by atoms with Gasteiger partial charge in [-0.3, -0.25) is 4.79 Å². The molecule has 3 aliphatic carbocycles. The van der Waals surface area contributed by atoms with Gasteiger partial charge >= 0.3 is 0 Å². The lowest BCUT2D eigenvalue weighted by Gasteiger charge is -2.58. The van der Waals surface area contributed by atoms with E-state index < -0.39 is 96.6 Å². The minimum absolute atomic E-state index is 0.0167. The van der Waals surface area contributed by atoms with Gasteiger partial charge in [-0.15, -0.1) is 0 Å². The number of aliphatic hydroxyl groups excluding tert-OH is 2. The number of carbonyl (C=O) groups excluding carboxylic acids is 1. The molecule has 0 aromatic heterocycles. The van der Waals surface area contributed by atoms with Gasteiger partial charge in [0.15, 0.2) is 27.3 Å². The first-order valence-electron chi connectivity index (χ1n) is 12.1. The monoisotopic (exact) mass is 626 g/mol. The standard InChI is InChI=1S/C24H26ClF3N2O8S2/c25-18-2-1-12(23(33)30-15-7-19(26)22(28)20(27)8-15)3-21(18)40(37,38)17-5-13-4-14(6-17)24(13,34)11-29-39(35,36)10-16(32)9-31/h1-3,7-8,13-14,16-17,29,31-32,34H,4-6,9-11H2,(H,30,33). The Labute approximate surface area is 233 Å². The highest BCUT2D eigenvalue weighted by atomic mass is 35.5. The van der Waals surface area contributed by atoms with E-state index in [2.05, 4.69) is 10.0 Å². The number of carbonyl (C=O) groups is 1. The van der Waals surface area contributed by atoms with Gasteiger partial charge in [0.2, 0.25) is 10.0 Å². The minimum atomic E-state index is -4.15. The average Bonchev–Trinajstić information content (AvgIpc) is 2.90. The van der Waals surface area contributed by atoms with Gasteiger partial charge in [-0.05, 0) is 49.3 Å².